The van der Waals surface area contributed by atoms with E-state index < -0.39 is 35.1 Å². The van der Waals surface area contributed by atoms with Crippen molar-refractivity contribution < 1.29 is 24.2 Å². The van der Waals surface area contributed by atoms with Gasteiger partial charge in [0.25, 0.3) is 0 Å². The Balaban J connectivity index is 1.72. The number of nitrogens with one attached hydrogen (secondary N) is 2. The minimum atomic E-state index is -1.12. The molecule has 3 amide bonds. The number of likely N-dealkylation sites (tertiary alicyclic amines) is 1. The molecule has 9 heteroatoms. The van der Waals surface area contributed by atoms with Gasteiger partial charge in [-0.05, 0) is 63.8 Å². The largest absolute Gasteiger partial charge is 0.394 e. The van der Waals surface area contributed by atoms with Gasteiger partial charge in [-0.15, -0.1) is 0 Å². The average molecular weight is 515 g/mol. The molecule has 1 aromatic carbocycles. The molecular formula is C28H42N4O5. The Hall–Kier alpha value is -2.65. The van der Waals surface area contributed by atoms with Gasteiger partial charge in [0.05, 0.1) is 30.1 Å². The maximum absolute atomic E-state index is 14.1. The number of amides is 3. The molecular weight excluding hydrogens is 472 g/mol. The van der Waals surface area contributed by atoms with E-state index in [4.69, 9.17) is 4.74 Å². The lowest BCUT2D eigenvalue weighted by Crippen LogP contribution is -2.57. The minimum Gasteiger partial charge on any atom is -0.394 e. The molecule has 9 nitrogen and oxygen atoms in total. The maximum atomic E-state index is 14.1. The third kappa shape index (κ3) is 4.20. The third-order valence-electron chi connectivity index (χ3n) is 9.10. The quantitative estimate of drug-likeness (QED) is 0.442. The molecule has 2 unspecified atom stereocenters. The van der Waals surface area contributed by atoms with E-state index in [-0.39, 0.29) is 30.2 Å². The van der Waals surface area contributed by atoms with Gasteiger partial charge in [0.2, 0.25) is 17.7 Å². The zero-order chi connectivity index (χ0) is 27.1. The molecule has 0 saturated carbocycles. The van der Waals surface area contributed by atoms with Gasteiger partial charge in [-0.25, -0.2) is 0 Å². The average Bonchev–Trinajstić information content (AvgIpc) is 3.46. The molecule has 37 heavy (non-hydrogen) atoms. The molecule has 204 valence electrons. The van der Waals surface area contributed by atoms with Gasteiger partial charge in [0.15, 0.2) is 0 Å². The predicted molar refractivity (Wildman–Crippen MR) is 142 cm³/mol. The first-order valence-electron chi connectivity index (χ1n) is 13.6. The molecule has 2 bridgehead atoms. The zero-order valence-corrected chi connectivity index (χ0v) is 22.9. The molecule has 4 rings (SSSR count). The second-order valence-electron chi connectivity index (χ2n) is 10.9. The molecule has 3 N–H and O–H groups in total. The lowest BCUT2D eigenvalue weighted by atomic mass is 9.66. The Labute approximate surface area is 219 Å². The van der Waals surface area contributed by atoms with Crippen molar-refractivity contribution in [2.45, 2.75) is 77.2 Å². The van der Waals surface area contributed by atoms with Crippen LogP contribution in [0.25, 0.3) is 0 Å². The highest BCUT2D eigenvalue weighted by Gasteiger charge is 2.78. The number of carbonyl (C=O) groups excluding carboxylic acids is 3. The first kappa shape index (κ1) is 27.4. The SMILES string of the molecule is CC[C@H](C)[C@H](CO)N1C(=O)[C@@H]2[C@H](C(=O)NC)[C@]3(C)CCC2(O3)C1C(=O)Nc1ccc(N(CC)CC)cc1. The van der Waals surface area contributed by atoms with Gasteiger partial charge >= 0.3 is 0 Å². The molecule has 0 aromatic heterocycles. The molecule has 3 heterocycles. The van der Waals surface area contributed by atoms with Crippen LogP contribution in [0.4, 0.5) is 11.4 Å². The fraction of sp³-hybridized carbons (Fsp3) is 0.679. The van der Waals surface area contributed by atoms with Crippen molar-refractivity contribution in [2.24, 2.45) is 17.8 Å². The van der Waals surface area contributed by atoms with E-state index in [1.165, 1.54) is 0 Å². The van der Waals surface area contributed by atoms with E-state index in [1.54, 1.807) is 11.9 Å². The van der Waals surface area contributed by atoms with Crippen LogP contribution < -0.4 is 15.5 Å². The second kappa shape index (κ2) is 10.3. The van der Waals surface area contributed by atoms with Crippen molar-refractivity contribution in [3.05, 3.63) is 24.3 Å². The predicted octanol–water partition coefficient (Wildman–Crippen LogP) is 2.39. The Kier molecular flexibility index (Phi) is 7.59. The van der Waals surface area contributed by atoms with Crippen molar-refractivity contribution in [3.8, 4) is 0 Å². The topological polar surface area (TPSA) is 111 Å². The van der Waals surface area contributed by atoms with Crippen LogP contribution in [0.1, 0.15) is 53.9 Å². The van der Waals surface area contributed by atoms with Crippen LogP contribution in [0.5, 0.6) is 0 Å². The number of aliphatic hydroxyl groups excluding tert-OH is 1. The van der Waals surface area contributed by atoms with Crippen LogP contribution in [0.2, 0.25) is 0 Å². The van der Waals surface area contributed by atoms with Crippen molar-refractivity contribution in [1.82, 2.24) is 10.2 Å². The second-order valence-corrected chi connectivity index (χ2v) is 10.9. The van der Waals surface area contributed by atoms with E-state index >= 15 is 0 Å². The fourth-order valence-electron chi connectivity index (χ4n) is 6.95. The molecule has 0 radical (unpaired) electrons. The summed E-state index contributed by atoms with van der Waals surface area (Å²) >= 11 is 0. The smallest absolute Gasteiger partial charge is 0.250 e. The lowest BCUT2D eigenvalue weighted by Gasteiger charge is -2.39. The normalized spacial score (nSPS) is 31.7. The van der Waals surface area contributed by atoms with E-state index in [0.717, 1.165) is 25.2 Å². The van der Waals surface area contributed by atoms with Crippen LogP contribution in [0.15, 0.2) is 24.3 Å². The third-order valence-corrected chi connectivity index (χ3v) is 9.10. The van der Waals surface area contributed by atoms with Crippen LogP contribution in [0, 0.1) is 17.8 Å². The summed E-state index contributed by atoms with van der Waals surface area (Å²) in [4.78, 5) is 44.9. The first-order valence-corrected chi connectivity index (χ1v) is 13.6. The molecule has 7 atom stereocenters. The van der Waals surface area contributed by atoms with Crippen LogP contribution in [0.3, 0.4) is 0 Å². The molecule has 0 aliphatic carbocycles. The van der Waals surface area contributed by atoms with Gasteiger partial charge < -0.3 is 30.3 Å². The van der Waals surface area contributed by atoms with Gasteiger partial charge in [0, 0.05) is 31.5 Å². The zero-order valence-electron chi connectivity index (χ0n) is 22.9. The Bertz CT molecular complexity index is 1030. The van der Waals surface area contributed by atoms with Crippen LogP contribution >= 0.6 is 0 Å². The first-order chi connectivity index (χ1) is 17.6. The van der Waals surface area contributed by atoms with Crippen molar-refractivity contribution >= 4 is 29.1 Å². The molecule has 3 aliphatic heterocycles. The van der Waals surface area contributed by atoms with E-state index in [2.05, 4.69) is 29.4 Å². The number of anilines is 2. The van der Waals surface area contributed by atoms with Gasteiger partial charge in [-0.3, -0.25) is 14.4 Å². The summed E-state index contributed by atoms with van der Waals surface area (Å²) in [5.74, 6) is -2.39. The van der Waals surface area contributed by atoms with Crippen LogP contribution in [-0.2, 0) is 19.1 Å². The highest BCUT2D eigenvalue weighted by molar-refractivity contribution is 6.04. The number of aliphatic hydroxyl groups is 1. The Morgan fingerprint density at radius 1 is 1.16 bits per heavy atom. The number of benzene rings is 1. The summed E-state index contributed by atoms with van der Waals surface area (Å²) in [5, 5.41) is 16.1. The summed E-state index contributed by atoms with van der Waals surface area (Å²) in [6.07, 6.45) is 1.81. The number of rotatable bonds is 10. The number of carbonyl (C=O) groups is 3. The van der Waals surface area contributed by atoms with E-state index in [1.807, 2.05) is 45.0 Å². The van der Waals surface area contributed by atoms with Crippen LogP contribution in [-0.4, -0.2) is 77.8 Å². The number of ether oxygens (including phenoxy) is 1. The summed E-state index contributed by atoms with van der Waals surface area (Å²) in [6.45, 7) is 11.5. The maximum Gasteiger partial charge on any atom is 0.250 e. The summed E-state index contributed by atoms with van der Waals surface area (Å²) in [5.41, 5.74) is -0.245. The number of nitrogens with zero attached hydrogens (tertiary/aromatic N) is 2. The fourth-order valence-corrected chi connectivity index (χ4v) is 6.95. The monoisotopic (exact) mass is 514 g/mol. The van der Waals surface area contributed by atoms with Gasteiger partial charge in [0.1, 0.15) is 11.6 Å². The highest BCUT2D eigenvalue weighted by atomic mass is 16.5. The molecule has 1 spiro atoms. The van der Waals surface area contributed by atoms with E-state index in [9.17, 15) is 19.5 Å². The standard InChI is InChI=1S/C28H42N4O5/c1-7-17(4)20(16-33)32-23(25(35)30-18-10-12-19(13-11-18)31(8-2)9-3)28-15-14-27(5,37-28)21(24(34)29-6)22(28)26(32)36/h10-13,17,20-23,33H,7-9,14-16H2,1-6H3,(H,29,34)(H,30,35)/t17-,20-,21+,22-,23?,27-,28?/m0/s1. The molecule has 3 fully saturated rings. The summed E-state index contributed by atoms with van der Waals surface area (Å²) in [6, 6.07) is 6.16. The highest BCUT2D eigenvalue weighted by Crippen LogP contribution is 2.63. The number of hydrogen-bond donors (Lipinski definition) is 3. The van der Waals surface area contributed by atoms with Gasteiger partial charge in [-0.2, -0.15) is 0 Å². The minimum absolute atomic E-state index is 0.0425. The number of hydrogen-bond acceptors (Lipinski definition) is 6. The Morgan fingerprint density at radius 3 is 2.35 bits per heavy atom. The van der Waals surface area contributed by atoms with E-state index in [0.29, 0.717) is 18.5 Å². The molecule has 3 aliphatic rings. The van der Waals surface area contributed by atoms with Gasteiger partial charge in [-0.1, -0.05) is 20.3 Å². The van der Waals surface area contributed by atoms with Crippen molar-refractivity contribution in [3.63, 3.8) is 0 Å². The summed E-state index contributed by atoms with van der Waals surface area (Å²) in [7, 11) is 1.56. The molecule has 3 saturated heterocycles. The Morgan fingerprint density at radius 2 is 1.81 bits per heavy atom. The summed E-state index contributed by atoms with van der Waals surface area (Å²) < 4.78 is 6.59. The van der Waals surface area contributed by atoms with Crippen molar-refractivity contribution in [2.75, 3.05) is 37.0 Å². The lowest BCUT2D eigenvalue weighted by molar-refractivity contribution is -0.149. The molecule has 1 aromatic rings. The number of fused-ring (bicyclic) bond motifs is 1. The van der Waals surface area contributed by atoms with Crippen molar-refractivity contribution in [1.29, 1.82) is 0 Å².